The zero-order valence-electron chi connectivity index (χ0n) is 23.2. The van der Waals surface area contributed by atoms with Crippen molar-refractivity contribution in [3.05, 3.63) is 70.4 Å². The molecule has 2 aromatic heterocycles. The normalized spacial score (nSPS) is 20.1. The van der Waals surface area contributed by atoms with Crippen LogP contribution in [0.4, 0.5) is 4.39 Å². The number of esters is 1. The van der Waals surface area contributed by atoms with Crippen LogP contribution in [0.2, 0.25) is 5.02 Å². The van der Waals surface area contributed by atoms with Crippen molar-refractivity contribution in [3.8, 4) is 11.1 Å². The van der Waals surface area contributed by atoms with Gasteiger partial charge in [-0.15, -0.1) is 0 Å². The van der Waals surface area contributed by atoms with E-state index in [-0.39, 0.29) is 18.5 Å². The summed E-state index contributed by atoms with van der Waals surface area (Å²) in [5, 5.41) is 6.23. The lowest BCUT2D eigenvalue weighted by Gasteiger charge is -2.34. The number of benzene rings is 2. The Kier molecular flexibility index (Phi) is 7.40. The van der Waals surface area contributed by atoms with Crippen LogP contribution in [0, 0.1) is 6.92 Å². The van der Waals surface area contributed by atoms with Gasteiger partial charge < -0.3 is 14.2 Å². The van der Waals surface area contributed by atoms with Gasteiger partial charge in [-0.05, 0) is 69.0 Å². The summed E-state index contributed by atoms with van der Waals surface area (Å²) in [5.41, 5.74) is 6.19. The molecule has 9 heteroatoms. The minimum Gasteiger partial charge on any atom is -0.464 e. The van der Waals surface area contributed by atoms with Crippen LogP contribution in [-0.2, 0) is 22.5 Å². The third kappa shape index (κ3) is 4.71. The molecule has 0 aliphatic carbocycles. The molecule has 0 radical (unpaired) electrons. The van der Waals surface area contributed by atoms with E-state index in [1.54, 1.807) is 17.9 Å². The fraction of sp³-hybridized carbons (Fsp3) is 0.452. The maximum Gasteiger partial charge on any atom is 0.337 e. The molecule has 2 aromatic carbocycles. The minimum atomic E-state index is -0.866. The summed E-state index contributed by atoms with van der Waals surface area (Å²) >= 11 is 6.99. The van der Waals surface area contributed by atoms with Crippen molar-refractivity contribution in [1.82, 2.24) is 24.2 Å². The Hall–Kier alpha value is -3.23. The first-order valence-corrected chi connectivity index (χ1v) is 14.6. The van der Waals surface area contributed by atoms with E-state index in [0.29, 0.717) is 22.8 Å². The van der Waals surface area contributed by atoms with Crippen LogP contribution in [-0.4, -0.2) is 62.6 Å². The van der Waals surface area contributed by atoms with Crippen LogP contribution in [0.25, 0.3) is 22.0 Å². The number of fused-ring (bicyclic) bond motifs is 2. The number of likely N-dealkylation sites (tertiary alicyclic amines) is 1. The van der Waals surface area contributed by atoms with Crippen molar-refractivity contribution in [3.63, 3.8) is 0 Å². The molecular formula is C31H35ClFN5O2. The molecule has 0 bridgehead atoms. The number of ether oxygens (including phenoxy) is 1. The number of carbonyl (C=O) groups is 1. The molecule has 210 valence electrons. The van der Waals surface area contributed by atoms with E-state index in [2.05, 4.69) is 27.4 Å². The number of rotatable bonds is 7. The smallest absolute Gasteiger partial charge is 0.337 e. The topological polar surface area (TPSA) is 65.2 Å². The number of halogens is 2. The second-order valence-corrected chi connectivity index (χ2v) is 11.3. The number of nitrogens with zero attached hydrogens (tertiary/aromatic N) is 5. The highest BCUT2D eigenvalue weighted by molar-refractivity contribution is 6.38. The molecule has 2 aliphatic heterocycles. The van der Waals surface area contributed by atoms with E-state index in [9.17, 15) is 9.18 Å². The largest absolute Gasteiger partial charge is 0.464 e. The van der Waals surface area contributed by atoms with E-state index >= 15 is 0 Å². The van der Waals surface area contributed by atoms with Crippen molar-refractivity contribution < 1.29 is 13.9 Å². The monoisotopic (exact) mass is 563 g/mol. The lowest BCUT2D eigenvalue weighted by atomic mass is 9.87. The summed E-state index contributed by atoms with van der Waals surface area (Å²) in [6.45, 7) is 9.35. The second kappa shape index (κ2) is 11.0. The summed E-state index contributed by atoms with van der Waals surface area (Å²) in [4.78, 5) is 20.0. The molecule has 4 heterocycles. The number of carbonyl (C=O) groups excluding carboxylic acids is 1. The number of hydrogen-bond donors (Lipinski definition) is 0. The average molecular weight is 564 g/mol. The van der Waals surface area contributed by atoms with Gasteiger partial charge in [-0.1, -0.05) is 42.8 Å². The molecule has 6 rings (SSSR count). The van der Waals surface area contributed by atoms with Gasteiger partial charge in [-0.2, -0.15) is 5.10 Å². The van der Waals surface area contributed by atoms with Gasteiger partial charge in [0.15, 0.2) is 6.04 Å². The zero-order valence-corrected chi connectivity index (χ0v) is 24.0. The number of imidazole rings is 1. The molecule has 1 fully saturated rings. The number of aromatic nitrogens is 4. The molecule has 40 heavy (non-hydrogen) atoms. The molecule has 2 aliphatic rings. The van der Waals surface area contributed by atoms with Crippen LogP contribution < -0.4 is 0 Å². The SMILES string of the molecule is CCOC(=O)C(c1ncn2c1CCC2)n1cc2c(C)cc(-c3ccc([C@@H]4CCN(CC)C[C@H]4F)cc3)c(Cl)c2n1. The van der Waals surface area contributed by atoms with Crippen LogP contribution in [0.3, 0.4) is 0 Å². The summed E-state index contributed by atoms with van der Waals surface area (Å²) < 4.78 is 24.1. The van der Waals surface area contributed by atoms with Gasteiger partial charge in [-0.25, -0.2) is 14.2 Å². The number of piperidine rings is 1. The third-order valence-corrected chi connectivity index (χ3v) is 8.89. The van der Waals surface area contributed by atoms with E-state index in [0.717, 1.165) is 72.2 Å². The Balaban J connectivity index is 1.35. The molecule has 0 amide bonds. The Labute approximate surface area is 238 Å². The Morgan fingerprint density at radius 2 is 2.02 bits per heavy atom. The van der Waals surface area contributed by atoms with Crippen LogP contribution >= 0.6 is 11.6 Å². The molecule has 1 saturated heterocycles. The van der Waals surface area contributed by atoms with Crippen LogP contribution in [0.1, 0.15) is 61.2 Å². The average Bonchev–Trinajstić information content (AvgIpc) is 3.69. The lowest BCUT2D eigenvalue weighted by Crippen LogP contribution is -2.40. The molecule has 4 aromatic rings. The predicted molar refractivity (Wildman–Crippen MR) is 155 cm³/mol. The molecule has 0 spiro atoms. The van der Waals surface area contributed by atoms with E-state index < -0.39 is 12.2 Å². The van der Waals surface area contributed by atoms with E-state index in [1.807, 2.05) is 37.4 Å². The summed E-state index contributed by atoms with van der Waals surface area (Å²) in [6, 6.07) is 9.36. The van der Waals surface area contributed by atoms with Crippen molar-refractivity contribution in [2.24, 2.45) is 0 Å². The molecule has 0 N–H and O–H groups in total. The third-order valence-electron chi connectivity index (χ3n) is 8.51. The number of alkyl halides is 1. The molecule has 0 saturated carbocycles. The van der Waals surface area contributed by atoms with Gasteiger partial charge in [0.2, 0.25) is 0 Å². The highest BCUT2D eigenvalue weighted by atomic mass is 35.5. The van der Waals surface area contributed by atoms with Crippen molar-refractivity contribution in [2.45, 2.75) is 64.7 Å². The molecule has 7 nitrogen and oxygen atoms in total. The number of aryl methyl sites for hydroxylation is 2. The first-order chi connectivity index (χ1) is 19.4. The molecule has 3 atom stereocenters. The first kappa shape index (κ1) is 27.0. The highest BCUT2D eigenvalue weighted by Crippen LogP contribution is 2.38. The minimum absolute atomic E-state index is 0.0866. The second-order valence-electron chi connectivity index (χ2n) is 10.9. The van der Waals surface area contributed by atoms with Crippen molar-refractivity contribution in [2.75, 3.05) is 26.2 Å². The van der Waals surface area contributed by atoms with Gasteiger partial charge in [0.05, 0.1) is 23.7 Å². The standard InChI is InChI=1S/C31H35ClFN5O2/c1-4-36-14-12-22(25(33)17-36)20-8-10-21(11-9-20)23-15-19(3)24-16-38(35-28(24)27(23)32)30(31(39)40-5-2)29-26-7-6-13-37(26)18-34-29/h8-11,15-16,18,22,25,30H,4-7,12-14,17H2,1-3H3/t22-,25+,30?/m0/s1. The van der Waals surface area contributed by atoms with Crippen molar-refractivity contribution >= 4 is 28.5 Å². The van der Waals surface area contributed by atoms with E-state index in [4.69, 9.17) is 21.4 Å². The number of hydrogen-bond acceptors (Lipinski definition) is 5. The summed E-state index contributed by atoms with van der Waals surface area (Å²) in [7, 11) is 0. The van der Waals surface area contributed by atoms with Crippen LogP contribution in [0.5, 0.6) is 0 Å². The fourth-order valence-corrected chi connectivity index (χ4v) is 6.61. The predicted octanol–water partition coefficient (Wildman–Crippen LogP) is 6.11. The van der Waals surface area contributed by atoms with Crippen LogP contribution in [0.15, 0.2) is 42.9 Å². The summed E-state index contributed by atoms with van der Waals surface area (Å²) in [6.07, 6.45) is 5.51. The highest BCUT2D eigenvalue weighted by Gasteiger charge is 2.33. The van der Waals surface area contributed by atoms with Gasteiger partial charge in [0.1, 0.15) is 11.7 Å². The van der Waals surface area contributed by atoms with E-state index in [1.165, 1.54) is 0 Å². The Morgan fingerprint density at radius 3 is 2.75 bits per heavy atom. The lowest BCUT2D eigenvalue weighted by molar-refractivity contribution is -0.146. The Bertz CT molecular complexity index is 1550. The molecular weight excluding hydrogens is 529 g/mol. The summed E-state index contributed by atoms with van der Waals surface area (Å²) in [5.74, 6) is -0.472. The quantitative estimate of drug-likeness (QED) is 0.254. The maximum absolute atomic E-state index is 14.9. The maximum atomic E-state index is 14.9. The van der Waals surface area contributed by atoms with Gasteiger partial charge in [0, 0.05) is 41.8 Å². The fourth-order valence-electron chi connectivity index (χ4n) is 6.31. The zero-order chi connectivity index (χ0) is 28.0. The Morgan fingerprint density at radius 1 is 1.23 bits per heavy atom. The van der Waals surface area contributed by atoms with Gasteiger partial charge in [0.25, 0.3) is 0 Å². The van der Waals surface area contributed by atoms with Gasteiger partial charge in [-0.3, -0.25) is 4.68 Å². The van der Waals surface area contributed by atoms with Crippen molar-refractivity contribution in [1.29, 1.82) is 0 Å². The first-order valence-electron chi connectivity index (χ1n) is 14.2. The molecule has 1 unspecified atom stereocenters. The van der Waals surface area contributed by atoms with Gasteiger partial charge >= 0.3 is 5.97 Å².